The predicted octanol–water partition coefficient (Wildman–Crippen LogP) is 4.13. The molecule has 1 heterocycles. The highest BCUT2D eigenvalue weighted by Gasteiger charge is 2.06. The Kier molecular flexibility index (Phi) is 6.37. The van der Waals surface area contributed by atoms with Crippen LogP contribution in [-0.4, -0.2) is 21.9 Å². The lowest BCUT2D eigenvalue weighted by atomic mass is 10.0. The van der Waals surface area contributed by atoms with Crippen LogP contribution in [0.1, 0.15) is 30.5 Å². The first-order valence-electron chi connectivity index (χ1n) is 9.48. The molecule has 1 amide bonds. The Hall–Kier alpha value is -3.21. The summed E-state index contributed by atoms with van der Waals surface area (Å²) in [5, 5.41) is 6.18. The van der Waals surface area contributed by atoms with Gasteiger partial charge in [0.2, 0.25) is 11.9 Å². The number of hydrogen-bond acceptors (Lipinski definition) is 4. The quantitative estimate of drug-likeness (QED) is 0.652. The highest BCUT2D eigenvalue weighted by Crippen LogP contribution is 2.19. The maximum atomic E-state index is 11.1. The summed E-state index contributed by atoms with van der Waals surface area (Å²) in [6, 6.07) is 16.7. The summed E-state index contributed by atoms with van der Waals surface area (Å²) >= 11 is 0. The van der Waals surface area contributed by atoms with Crippen molar-refractivity contribution in [3.63, 3.8) is 0 Å². The molecule has 5 nitrogen and oxygen atoms in total. The molecule has 28 heavy (non-hydrogen) atoms. The third kappa shape index (κ3) is 5.39. The molecule has 0 saturated carbocycles. The number of carbonyl (C=O) groups is 1. The van der Waals surface area contributed by atoms with E-state index in [1.165, 1.54) is 16.7 Å². The number of amides is 1. The highest BCUT2D eigenvalue weighted by molar-refractivity contribution is 5.73. The van der Waals surface area contributed by atoms with E-state index < -0.39 is 0 Å². The lowest BCUT2D eigenvalue weighted by Gasteiger charge is -2.12. The molecular formula is C23H26N4O. The van der Waals surface area contributed by atoms with Crippen LogP contribution < -0.4 is 10.6 Å². The molecule has 0 fully saturated rings. The molecule has 1 aromatic heterocycles. The van der Waals surface area contributed by atoms with E-state index in [-0.39, 0.29) is 11.9 Å². The van der Waals surface area contributed by atoms with Gasteiger partial charge < -0.3 is 10.6 Å². The molecule has 2 aromatic carbocycles. The maximum absolute atomic E-state index is 11.1. The fourth-order valence-corrected chi connectivity index (χ4v) is 3.14. The zero-order valence-electron chi connectivity index (χ0n) is 16.6. The van der Waals surface area contributed by atoms with Crippen molar-refractivity contribution >= 4 is 11.9 Å². The average molecular weight is 374 g/mol. The van der Waals surface area contributed by atoms with Crippen molar-refractivity contribution < 1.29 is 4.79 Å². The third-order valence-electron chi connectivity index (χ3n) is 4.63. The second-order valence-electron chi connectivity index (χ2n) is 7.08. The van der Waals surface area contributed by atoms with Gasteiger partial charge in [0.15, 0.2) is 0 Å². The zero-order chi connectivity index (χ0) is 19.9. The van der Waals surface area contributed by atoms with Crippen LogP contribution in [0.2, 0.25) is 0 Å². The lowest BCUT2D eigenvalue weighted by Crippen LogP contribution is -2.31. The lowest BCUT2D eigenvalue weighted by molar-refractivity contribution is -0.119. The van der Waals surface area contributed by atoms with Gasteiger partial charge in [0.05, 0.1) is 0 Å². The Bertz CT molecular complexity index is 920. The number of rotatable bonds is 7. The number of nitrogens with one attached hydrogen (secondary N) is 2. The van der Waals surface area contributed by atoms with Crippen molar-refractivity contribution in [2.24, 2.45) is 0 Å². The molecule has 0 bridgehead atoms. The number of hydrogen-bond donors (Lipinski definition) is 2. The van der Waals surface area contributed by atoms with Gasteiger partial charge in [0.1, 0.15) is 0 Å². The maximum Gasteiger partial charge on any atom is 0.222 e. The molecule has 0 aliphatic heterocycles. The number of anilines is 1. The van der Waals surface area contributed by atoms with Crippen molar-refractivity contribution in [2.75, 3.05) is 5.32 Å². The largest absolute Gasteiger partial charge is 0.354 e. The zero-order valence-corrected chi connectivity index (χ0v) is 16.6. The molecule has 0 spiro atoms. The van der Waals surface area contributed by atoms with Crippen molar-refractivity contribution in [3.8, 4) is 11.1 Å². The first-order chi connectivity index (χ1) is 13.5. The Morgan fingerprint density at radius 2 is 1.68 bits per heavy atom. The number of benzene rings is 2. The molecule has 5 heteroatoms. The Morgan fingerprint density at radius 1 is 1.00 bits per heavy atom. The van der Waals surface area contributed by atoms with Crippen molar-refractivity contribution in [1.29, 1.82) is 0 Å². The molecule has 2 N–H and O–H groups in total. The minimum Gasteiger partial charge on any atom is -0.354 e. The first-order valence-corrected chi connectivity index (χ1v) is 9.48. The highest BCUT2D eigenvalue weighted by atomic mass is 16.1. The van der Waals surface area contributed by atoms with Gasteiger partial charge in [-0.15, -0.1) is 0 Å². The van der Waals surface area contributed by atoms with E-state index in [9.17, 15) is 4.79 Å². The predicted molar refractivity (Wildman–Crippen MR) is 113 cm³/mol. The summed E-state index contributed by atoms with van der Waals surface area (Å²) in [6.45, 7) is 6.35. The molecule has 3 rings (SSSR count). The molecule has 1 atom stereocenters. The number of carbonyl (C=O) groups excluding carboxylic acids is 1. The normalized spacial score (nSPS) is 11.7. The van der Waals surface area contributed by atoms with Gasteiger partial charge in [-0.05, 0) is 42.5 Å². The Labute approximate surface area is 166 Å². The average Bonchev–Trinajstić information content (AvgIpc) is 2.68. The number of nitrogens with zero attached hydrogens (tertiary/aromatic N) is 2. The monoisotopic (exact) mass is 374 g/mol. The summed E-state index contributed by atoms with van der Waals surface area (Å²) in [6.07, 6.45) is 4.47. The van der Waals surface area contributed by atoms with E-state index in [2.05, 4.69) is 63.9 Å². The van der Waals surface area contributed by atoms with Crippen molar-refractivity contribution in [1.82, 2.24) is 15.3 Å². The van der Waals surface area contributed by atoms with Gasteiger partial charge in [-0.2, -0.15) is 0 Å². The minimum absolute atomic E-state index is 0.00241. The Balaban J connectivity index is 1.60. The van der Waals surface area contributed by atoms with Crippen LogP contribution in [0.4, 0.5) is 5.95 Å². The standard InChI is InChI=1S/C23H26N4O/c1-16-6-4-5-7-21(16)13-24-23-25-14-22(15-26-23)20-10-8-19(9-11-20)12-17(2)27-18(3)28/h4-11,14-15,17H,12-13H2,1-3H3,(H,27,28)(H,24,25,26). The molecule has 0 aliphatic rings. The molecule has 0 aliphatic carbocycles. The van der Waals surface area contributed by atoms with Crippen LogP contribution >= 0.6 is 0 Å². The van der Waals surface area contributed by atoms with Crippen molar-refractivity contribution in [2.45, 2.75) is 39.8 Å². The molecule has 1 unspecified atom stereocenters. The van der Waals surface area contributed by atoms with Crippen LogP contribution in [0.15, 0.2) is 60.9 Å². The van der Waals surface area contributed by atoms with E-state index in [0.29, 0.717) is 12.5 Å². The SMILES string of the molecule is CC(=O)NC(C)Cc1ccc(-c2cnc(NCc3ccccc3C)nc2)cc1. The van der Waals surface area contributed by atoms with E-state index in [0.717, 1.165) is 17.5 Å². The molecular weight excluding hydrogens is 348 g/mol. The van der Waals surface area contributed by atoms with Gasteiger partial charge in [0, 0.05) is 37.5 Å². The Morgan fingerprint density at radius 3 is 2.32 bits per heavy atom. The van der Waals surface area contributed by atoms with Gasteiger partial charge in [-0.25, -0.2) is 9.97 Å². The molecule has 144 valence electrons. The van der Waals surface area contributed by atoms with Gasteiger partial charge >= 0.3 is 0 Å². The van der Waals surface area contributed by atoms with Crippen molar-refractivity contribution in [3.05, 3.63) is 77.6 Å². The summed E-state index contributed by atoms with van der Waals surface area (Å²) in [5.74, 6) is 0.616. The van der Waals surface area contributed by atoms with Crippen LogP contribution in [0.3, 0.4) is 0 Å². The molecule has 0 saturated heterocycles. The third-order valence-corrected chi connectivity index (χ3v) is 4.63. The van der Waals surface area contributed by atoms with Crippen LogP contribution in [0.25, 0.3) is 11.1 Å². The van der Waals surface area contributed by atoms with Crippen LogP contribution in [0.5, 0.6) is 0 Å². The fraction of sp³-hybridized carbons (Fsp3) is 0.261. The minimum atomic E-state index is -0.00241. The van der Waals surface area contributed by atoms with Gasteiger partial charge in [-0.1, -0.05) is 48.5 Å². The smallest absolute Gasteiger partial charge is 0.222 e. The van der Waals surface area contributed by atoms with Gasteiger partial charge in [-0.3, -0.25) is 4.79 Å². The fourth-order valence-electron chi connectivity index (χ4n) is 3.14. The summed E-state index contributed by atoms with van der Waals surface area (Å²) in [7, 11) is 0. The number of aryl methyl sites for hydroxylation is 1. The molecule has 0 radical (unpaired) electrons. The number of aromatic nitrogens is 2. The first kappa shape index (κ1) is 19.5. The van der Waals surface area contributed by atoms with E-state index in [4.69, 9.17) is 0 Å². The van der Waals surface area contributed by atoms with E-state index >= 15 is 0 Å². The van der Waals surface area contributed by atoms with E-state index in [1.54, 1.807) is 6.92 Å². The van der Waals surface area contributed by atoms with Crippen LogP contribution in [-0.2, 0) is 17.8 Å². The topological polar surface area (TPSA) is 66.9 Å². The second-order valence-corrected chi connectivity index (χ2v) is 7.08. The van der Waals surface area contributed by atoms with Gasteiger partial charge in [0.25, 0.3) is 0 Å². The van der Waals surface area contributed by atoms with E-state index in [1.807, 2.05) is 31.5 Å². The summed E-state index contributed by atoms with van der Waals surface area (Å²) < 4.78 is 0. The molecule has 3 aromatic rings. The summed E-state index contributed by atoms with van der Waals surface area (Å²) in [5.41, 5.74) is 5.71. The summed E-state index contributed by atoms with van der Waals surface area (Å²) in [4.78, 5) is 20.0. The second kappa shape index (κ2) is 9.13. The van der Waals surface area contributed by atoms with Crippen LogP contribution in [0, 0.1) is 6.92 Å².